The van der Waals surface area contributed by atoms with Gasteiger partial charge in [0.2, 0.25) is 0 Å². The summed E-state index contributed by atoms with van der Waals surface area (Å²) in [6.07, 6.45) is 1.61. The van der Waals surface area contributed by atoms with Crippen molar-refractivity contribution in [3.8, 4) is 0 Å². The summed E-state index contributed by atoms with van der Waals surface area (Å²) in [5.74, 6) is -1.65. The third-order valence-corrected chi connectivity index (χ3v) is 10.5. The smallest absolute Gasteiger partial charge is 0.269 e. The molecule has 3 aromatic carbocycles. The number of likely N-dealkylation sites (N-methyl/N-ethyl adjacent to an activating group) is 1. The van der Waals surface area contributed by atoms with Crippen LogP contribution in [-0.4, -0.2) is 32.2 Å². The summed E-state index contributed by atoms with van der Waals surface area (Å²) in [6.45, 7) is 4.38. The summed E-state index contributed by atoms with van der Waals surface area (Å²) in [5.41, 5.74) is 2.56. The molecule has 1 aliphatic rings. The molecule has 222 valence electrons. The molecular weight excluding hydrogens is 592 g/mol. The molecule has 0 bridgehead atoms. The van der Waals surface area contributed by atoms with Crippen molar-refractivity contribution in [2.24, 2.45) is 0 Å². The van der Waals surface area contributed by atoms with Crippen molar-refractivity contribution in [3.05, 3.63) is 139 Å². The highest BCUT2D eigenvalue weighted by Gasteiger charge is 2.35. The van der Waals surface area contributed by atoms with Gasteiger partial charge in [-0.2, -0.15) is 0 Å². The van der Waals surface area contributed by atoms with Gasteiger partial charge in [-0.15, -0.1) is 0 Å². The van der Waals surface area contributed by atoms with E-state index in [1.165, 1.54) is 30.3 Å². The first-order valence-electron chi connectivity index (χ1n) is 13.6. The highest BCUT2D eigenvalue weighted by molar-refractivity contribution is 8.36. The van der Waals surface area contributed by atoms with Crippen LogP contribution in [0.15, 0.2) is 88.8 Å². The van der Waals surface area contributed by atoms with Crippen LogP contribution in [-0.2, 0) is 32.8 Å². The molecule has 5 rings (SSSR count). The number of pyridine rings is 1. The quantitative estimate of drug-likeness (QED) is 0.161. The Morgan fingerprint density at radius 1 is 0.977 bits per heavy atom. The molecule has 43 heavy (non-hydrogen) atoms. The molecule has 0 aliphatic carbocycles. The Balaban J connectivity index is 1.76. The van der Waals surface area contributed by atoms with Crippen molar-refractivity contribution in [1.82, 2.24) is 9.47 Å². The van der Waals surface area contributed by atoms with E-state index in [4.69, 9.17) is 0 Å². The second kappa shape index (κ2) is 12.7. The van der Waals surface area contributed by atoms with Crippen molar-refractivity contribution in [3.63, 3.8) is 0 Å². The minimum atomic E-state index is -1.28. The van der Waals surface area contributed by atoms with E-state index in [-0.39, 0.29) is 29.1 Å². The van der Waals surface area contributed by atoms with Crippen LogP contribution in [0.3, 0.4) is 0 Å². The standard InChI is InChI=1S/C32H29F2N3O4S2/c1-20(2)24-18-36(19-25-27(33)10-7-11-28(25)34)32-29(30(24)38)26(17-35(3)16-21-8-5-4-6-9-21)31(43(32)42-41)22-12-14-23(15-13-22)37(39)40/h4-15,18,20H,16-17,19H2,1-3H3. The molecule has 1 unspecified atom stereocenters. The number of nitro benzene ring substituents is 1. The first-order chi connectivity index (χ1) is 20.6. The number of nitro groups is 1. The first-order valence-corrected chi connectivity index (χ1v) is 16.0. The first kappa shape index (κ1) is 30.4. The number of rotatable bonds is 9. The Hall–Kier alpha value is -4.06. The number of fused-ring (bicyclic) bond motifs is 1. The Kier molecular flexibility index (Phi) is 8.95. The van der Waals surface area contributed by atoms with E-state index < -0.39 is 26.0 Å². The van der Waals surface area contributed by atoms with Gasteiger partial charge >= 0.3 is 0 Å². The molecule has 0 radical (unpaired) electrons. The molecule has 11 heteroatoms. The molecule has 7 nitrogen and oxygen atoms in total. The van der Waals surface area contributed by atoms with Crippen LogP contribution < -0.4 is 5.43 Å². The molecule has 1 aliphatic heterocycles. The molecular formula is C32H29F2N3O4S2. The number of non-ortho nitro benzene ring substituents is 1. The number of nitrogens with zero attached hydrogens (tertiary/aromatic N) is 3. The molecule has 0 saturated carbocycles. The normalized spacial score (nSPS) is 14.4. The number of hydrogen-bond acceptors (Lipinski definition) is 5. The van der Waals surface area contributed by atoms with Crippen LogP contribution >= 0.6 is 0 Å². The lowest BCUT2D eigenvalue weighted by molar-refractivity contribution is -0.384. The summed E-state index contributed by atoms with van der Waals surface area (Å²) < 4.78 is 44.3. The number of hydrogen-bond donors (Lipinski definition) is 0. The lowest BCUT2D eigenvalue weighted by Gasteiger charge is -2.20. The maximum atomic E-state index is 14.9. The highest BCUT2D eigenvalue weighted by atomic mass is 32.8. The molecule has 0 N–H and O–H groups in total. The average molecular weight is 622 g/mol. The van der Waals surface area contributed by atoms with E-state index in [0.717, 1.165) is 5.56 Å². The van der Waals surface area contributed by atoms with Gasteiger partial charge in [0, 0.05) is 47.5 Å². The fourth-order valence-electron chi connectivity index (χ4n) is 5.29. The fraction of sp³-hybridized carbons (Fsp3) is 0.219. The van der Waals surface area contributed by atoms with Crippen molar-refractivity contribution < 1.29 is 17.9 Å². The summed E-state index contributed by atoms with van der Waals surface area (Å²) in [4.78, 5) is 27.6. The molecule has 0 amide bonds. The SMILES string of the molecule is CC(C)c1cn(Cc2c(F)cccc2F)c2c(c1=O)C(CN(C)Cc1ccccc1)=C(c1ccc([N+](=O)[O-])cc1)S2=S=O. The van der Waals surface area contributed by atoms with E-state index in [9.17, 15) is 27.9 Å². The minimum Gasteiger partial charge on any atom is -0.337 e. The third kappa shape index (κ3) is 6.06. The molecule has 0 saturated heterocycles. The van der Waals surface area contributed by atoms with Crippen LogP contribution in [0.1, 0.15) is 47.6 Å². The van der Waals surface area contributed by atoms with E-state index in [2.05, 4.69) is 0 Å². The topological polar surface area (TPSA) is 85.4 Å². The zero-order chi connectivity index (χ0) is 30.8. The molecule has 0 spiro atoms. The Morgan fingerprint density at radius 2 is 1.63 bits per heavy atom. The van der Waals surface area contributed by atoms with Crippen LogP contribution in [0, 0.1) is 21.7 Å². The molecule has 1 atom stereocenters. The van der Waals surface area contributed by atoms with Gasteiger partial charge in [0.05, 0.1) is 22.1 Å². The van der Waals surface area contributed by atoms with Crippen molar-refractivity contribution in [2.45, 2.75) is 37.9 Å². The molecule has 4 aromatic rings. The zero-order valence-corrected chi connectivity index (χ0v) is 25.4. The number of aromatic nitrogens is 1. The van der Waals surface area contributed by atoms with Gasteiger partial charge in [0.25, 0.3) is 5.69 Å². The van der Waals surface area contributed by atoms with Crippen LogP contribution in [0.2, 0.25) is 0 Å². The lowest BCUT2D eigenvalue weighted by Crippen LogP contribution is -2.25. The second-order valence-corrected chi connectivity index (χ2v) is 13.6. The summed E-state index contributed by atoms with van der Waals surface area (Å²) >= 11 is 0. The van der Waals surface area contributed by atoms with E-state index in [1.54, 1.807) is 22.9 Å². The van der Waals surface area contributed by atoms with Crippen molar-refractivity contribution in [1.29, 1.82) is 0 Å². The average Bonchev–Trinajstić information content (AvgIpc) is 3.30. The van der Waals surface area contributed by atoms with Gasteiger partial charge in [-0.3, -0.25) is 19.8 Å². The van der Waals surface area contributed by atoms with E-state index in [1.807, 2.05) is 56.1 Å². The predicted octanol–water partition coefficient (Wildman–Crippen LogP) is 6.33. The largest absolute Gasteiger partial charge is 0.337 e. The van der Waals surface area contributed by atoms with Crippen molar-refractivity contribution in [2.75, 3.05) is 13.6 Å². The molecule has 1 aromatic heterocycles. The highest BCUT2D eigenvalue weighted by Crippen LogP contribution is 2.42. The molecule has 2 heterocycles. The fourth-order valence-corrected chi connectivity index (χ4v) is 8.62. The van der Waals surface area contributed by atoms with Crippen LogP contribution in [0.4, 0.5) is 14.5 Å². The predicted molar refractivity (Wildman–Crippen MR) is 167 cm³/mol. The Morgan fingerprint density at radius 3 is 2.21 bits per heavy atom. The van der Waals surface area contributed by atoms with Crippen LogP contribution in [0.5, 0.6) is 0 Å². The number of benzene rings is 3. The Bertz CT molecular complexity index is 1850. The maximum Gasteiger partial charge on any atom is 0.269 e. The van der Waals surface area contributed by atoms with Gasteiger partial charge in [-0.05, 0) is 63.4 Å². The summed E-state index contributed by atoms with van der Waals surface area (Å²) in [7, 11) is 0.934. The Labute approximate surface area is 252 Å². The van der Waals surface area contributed by atoms with Crippen LogP contribution in [0.25, 0.3) is 10.5 Å². The maximum absolute atomic E-state index is 14.9. The van der Waals surface area contributed by atoms with Gasteiger partial charge in [0.1, 0.15) is 21.9 Å². The monoisotopic (exact) mass is 621 g/mol. The third-order valence-electron chi connectivity index (χ3n) is 7.34. The van der Waals surface area contributed by atoms with E-state index in [0.29, 0.717) is 55.5 Å². The molecule has 0 fully saturated rings. The number of halogens is 2. The lowest BCUT2D eigenvalue weighted by atomic mass is 9.97. The van der Waals surface area contributed by atoms with Gasteiger partial charge in [-0.25, -0.2) is 13.0 Å². The van der Waals surface area contributed by atoms with E-state index >= 15 is 0 Å². The minimum absolute atomic E-state index is 0.103. The summed E-state index contributed by atoms with van der Waals surface area (Å²) in [6, 6.07) is 19.4. The van der Waals surface area contributed by atoms with Crippen molar-refractivity contribution >= 4 is 35.8 Å². The van der Waals surface area contributed by atoms with Gasteiger partial charge in [-0.1, -0.05) is 50.2 Å². The van der Waals surface area contributed by atoms with Gasteiger partial charge in [0.15, 0.2) is 5.43 Å². The second-order valence-electron chi connectivity index (χ2n) is 10.7. The zero-order valence-electron chi connectivity index (χ0n) is 23.8. The summed E-state index contributed by atoms with van der Waals surface area (Å²) in [5, 5.41) is 11.8. The van der Waals surface area contributed by atoms with Gasteiger partial charge < -0.3 is 4.57 Å².